The fourth-order valence-corrected chi connectivity index (χ4v) is 5.18. The topological polar surface area (TPSA) is 63.9 Å². The fraction of sp³-hybridized carbons (Fsp3) is 0.318. The molecule has 2 aliphatic rings. The molecule has 2 fully saturated rings. The fourth-order valence-electron chi connectivity index (χ4n) is 4.11. The van der Waals surface area contributed by atoms with E-state index in [-0.39, 0.29) is 24.3 Å². The zero-order valence-electron chi connectivity index (χ0n) is 16.2. The van der Waals surface area contributed by atoms with Crippen molar-refractivity contribution in [2.45, 2.75) is 19.4 Å². The summed E-state index contributed by atoms with van der Waals surface area (Å²) >= 11 is 1.65. The molecule has 0 bridgehead atoms. The smallest absolute Gasteiger partial charge is 0.292 e. The number of quaternary nitrogens is 1. The molecule has 2 saturated heterocycles. The van der Waals surface area contributed by atoms with Crippen LogP contribution in [0.5, 0.6) is 0 Å². The molecule has 6 nitrogen and oxygen atoms in total. The number of aromatic nitrogens is 1. The molecule has 148 valence electrons. The van der Waals surface area contributed by atoms with Gasteiger partial charge in [-0.1, -0.05) is 6.07 Å². The van der Waals surface area contributed by atoms with E-state index in [1.165, 1.54) is 10.5 Å². The summed E-state index contributed by atoms with van der Waals surface area (Å²) < 4.78 is 6.54. The highest BCUT2D eigenvalue weighted by molar-refractivity contribution is 7.21. The standard InChI is InChI=1S/C22H21N3O3S/c1-14-2-7-17-19(12-14)29-21(23-17)15-3-5-16(6-4-15)25-20(26)13-18(22(25)27)24-8-10-28-11-9-24/h2-7,12,18H,8-11,13H2,1H3/p+1/t18-/m0/s1. The molecule has 2 amide bonds. The van der Waals surface area contributed by atoms with Gasteiger partial charge in [0.1, 0.15) is 18.1 Å². The molecule has 2 aromatic carbocycles. The number of fused-ring (bicyclic) bond motifs is 1. The van der Waals surface area contributed by atoms with Crippen molar-refractivity contribution in [3.63, 3.8) is 0 Å². The number of nitrogens with one attached hydrogen (secondary N) is 1. The van der Waals surface area contributed by atoms with Crippen LogP contribution in [0.3, 0.4) is 0 Å². The van der Waals surface area contributed by atoms with E-state index in [2.05, 4.69) is 19.1 Å². The van der Waals surface area contributed by atoms with Crippen LogP contribution >= 0.6 is 11.3 Å². The van der Waals surface area contributed by atoms with Crippen molar-refractivity contribution >= 4 is 39.1 Å². The van der Waals surface area contributed by atoms with Gasteiger partial charge in [-0.05, 0) is 48.9 Å². The second-order valence-corrected chi connectivity index (χ2v) is 8.66. The van der Waals surface area contributed by atoms with Crippen molar-refractivity contribution in [1.82, 2.24) is 4.98 Å². The number of rotatable bonds is 3. The number of aryl methyl sites for hydroxylation is 1. The second-order valence-electron chi connectivity index (χ2n) is 7.63. The van der Waals surface area contributed by atoms with E-state index < -0.39 is 0 Å². The van der Waals surface area contributed by atoms with Crippen molar-refractivity contribution in [3.8, 4) is 10.6 Å². The van der Waals surface area contributed by atoms with Gasteiger partial charge in [0.25, 0.3) is 5.91 Å². The Balaban J connectivity index is 1.39. The van der Waals surface area contributed by atoms with Crippen molar-refractivity contribution in [3.05, 3.63) is 48.0 Å². The van der Waals surface area contributed by atoms with Crippen LogP contribution in [-0.2, 0) is 14.3 Å². The van der Waals surface area contributed by atoms with E-state index in [4.69, 9.17) is 9.72 Å². The highest BCUT2D eigenvalue weighted by atomic mass is 32.1. The Kier molecular flexibility index (Phi) is 4.66. The number of carbonyl (C=O) groups is 2. The number of imide groups is 1. The van der Waals surface area contributed by atoms with Gasteiger partial charge in [-0.25, -0.2) is 9.88 Å². The summed E-state index contributed by atoms with van der Waals surface area (Å²) in [7, 11) is 0. The molecule has 0 aliphatic carbocycles. The number of hydrogen-bond acceptors (Lipinski definition) is 5. The Morgan fingerprint density at radius 3 is 2.62 bits per heavy atom. The third kappa shape index (κ3) is 3.35. The number of thiazole rings is 1. The number of ether oxygens (including phenoxy) is 1. The summed E-state index contributed by atoms with van der Waals surface area (Å²) in [5.74, 6) is -0.225. The SMILES string of the molecule is Cc1ccc2nc(-c3ccc(N4C(=O)C[C@H]([NH+]5CCOCC5)C4=O)cc3)sc2c1. The Morgan fingerprint density at radius 1 is 1.10 bits per heavy atom. The number of amides is 2. The van der Waals surface area contributed by atoms with Gasteiger partial charge in [-0.15, -0.1) is 11.3 Å². The minimum Gasteiger partial charge on any atom is -0.370 e. The number of hydrogen-bond donors (Lipinski definition) is 1. The molecular formula is C22H22N3O3S+. The van der Waals surface area contributed by atoms with Crippen LogP contribution in [0.2, 0.25) is 0 Å². The Labute approximate surface area is 172 Å². The van der Waals surface area contributed by atoms with Gasteiger partial charge < -0.3 is 9.64 Å². The molecule has 0 saturated carbocycles. The summed E-state index contributed by atoms with van der Waals surface area (Å²) in [4.78, 5) is 32.8. The van der Waals surface area contributed by atoms with E-state index in [1.807, 2.05) is 30.3 Å². The van der Waals surface area contributed by atoms with E-state index in [0.717, 1.165) is 38.8 Å². The molecule has 0 spiro atoms. The maximum absolute atomic E-state index is 13.0. The lowest BCUT2D eigenvalue weighted by atomic mass is 10.2. The molecule has 0 radical (unpaired) electrons. The van der Waals surface area contributed by atoms with Crippen LogP contribution < -0.4 is 9.80 Å². The number of anilines is 1. The van der Waals surface area contributed by atoms with Gasteiger partial charge in [-0.2, -0.15) is 0 Å². The zero-order chi connectivity index (χ0) is 20.0. The molecule has 7 heteroatoms. The molecule has 1 N–H and O–H groups in total. The van der Waals surface area contributed by atoms with Gasteiger partial charge in [0, 0.05) is 5.56 Å². The molecule has 2 aliphatic heterocycles. The Hall–Kier alpha value is -2.61. The minimum atomic E-state index is -0.293. The van der Waals surface area contributed by atoms with Crippen LogP contribution in [0.15, 0.2) is 42.5 Å². The zero-order valence-corrected chi connectivity index (χ0v) is 17.0. The number of carbonyl (C=O) groups excluding carboxylic acids is 2. The van der Waals surface area contributed by atoms with Crippen molar-refractivity contribution in [1.29, 1.82) is 0 Å². The minimum absolute atomic E-state index is 0.102. The van der Waals surface area contributed by atoms with Crippen LogP contribution in [0.25, 0.3) is 20.8 Å². The number of benzene rings is 2. The first-order chi connectivity index (χ1) is 14.1. The van der Waals surface area contributed by atoms with Gasteiger partial charge in [0.15, 0.2) is 6.04 Å². The maximum atomic E-state index is 13.0. The summed E-state index contributed by atoms with van der Waals surface area (Å²) in [6, 6.07) is 13.5. The highest BCUT2D eigenvalue weighted by Gasteiger charge is 2.46. The van der Waals surface area contributed by atoms with E-state index in [1.54, 1.807) is 11.3 Å². The van der Waals surface area contributed by atoms with Crippen LogP contribution in [0.1, 0.15) is 12.0 Å². The van der Waals surface area contributed by atoms with E-state index in [9.17, 15) is 9.59 Å². The third-order valence-electron chi connectivity index (χ3n) is 5.69. The van der Waals surface area contributed by atoms with E-state index in [0.29, 0.717) is 18.9 Å². The summed E-state index contributed by atoms with van der Waals surface area (Å²) in [5.41, 5.74) is 3.82. The first-order valence-corrected chi connectivity index (χ1v) is 10.7. The molecule has 3 heterocycles. The maximum Gasteiger partial charge on any atom is 0.292 e. The third-order valence-corrected chi connectivity index (χ3v) is 6.76. The van der Waals surface area contributed by atoms with Crippen LogP contribution in [0, 0.1) is 6.92 Å². The number of morpholine rings is 1. The summed E-state index contributed by atoms with van der Waals surface area (Å²) in [6.45, 7) is 4.90. The lowest BCUT2D eigenvalue weighted by molar-refractivity contribution is -0.922. The molecule has 1 aromatic heterocycles. The average Bonchev–Trinajstić information content (AvgIpc) is 3.29. The van der Waals surface area contributed by atoms with Crippen molar-refractivity contribution in [2.75, 3.05) is 31.2 Å². The van der Waals surface area contributed by atoms with Crippen molar-refractivity contribution < 1.29 is 19.2 Å². The van der Waals surface area contributed by atoms with E-state index >= 15 is 0 Å². The first-order valence-electron chi connectivity index (χ1n) is 9.87. The Morgan fingerprint density at radius 2 is 1.86 bits per heavy atom. The molecule has 29 heavy (non-hydrogen) atoms. The average molecular weight is 409 g/mol. The predicted octanol–water partition coefficient (Wildman–Crippen LogP) is 1.82. The van der Waals surface area contributed by atoms with Gasteiger partial charge >= 0.3 is 0 Å². The monoisotopic (exact) mass is 408 g/mol. The van der Waals surface area contributed by atoms with Crippen LogP contribution in [-0.4, -0.2) is 49.1 Å². The van der Waals surface area contributed by atoms with Gasteiger partial charge in [-0.3, -0.25) is 9.59 Å². The van der Waals surface area contributed by atoms with Crippen molar-refractivity contribution in [2.24, 2.45) is 0 Å². The molecule has 1 atom stereocenters. The van der Waals surface area contributed by atoms with Crippen LogP contribution in [0.4, 0.5) is 5.69 Å². The second kappa shape index (κ2) is 7.33. The molecule has 0 unspecified atom stereocenters. The quantitative estimate of drug-likeness (QED) is 0.672. The highest BCUT2D eigenvalue weighted by Crippen LogP contribution is 2.32. The molecule has 5 rings (SSSR count). The molecule has 3 aromatic rings. The van der Waals surface area contributed by atoms with Gasteiger partial charge in [0.2, 0.25) is 5.91 Å². The summed E-state index contributed by atoms with van der Waals surface area (Å²) in [5, 5.41) is 0.937. The lowest BCUT2D eigenvalue weighted by Crippen LogP contribution is -3.18. The Bertz CT molecular complexity index is 1090. The largest absolute Gasteiger partial charge is 0.370 e. The lowest BCUT2D eigenvalue weighted by Gasteiger charge is -2.27. The normalized spacial score (nSPS) is 20.7. The predicted molar refractivity (Wildman–Crippen MR) is 112 cm³/mol. The molecular weight excluding hydrogens is 386 g/mol. The number of nitrogens with zero attached hydrogens (tertiary/aromatic N) is 2. The summed E-state index contributed by atoms with van der Waals surface area (Å²) in [6.07, 6.45) is 0.271. The first kappa shape index (κ1) is 18.4. The van der Waals surface area contributed by atoms with Gasteiger partial charge in [0.05, 0.1) is 35.5 Å².